The SMILES string of the molecule is CCCNC(C1CC1)C1(CC(C)C)CCCC1. The fourth-order valence-electron chi connectivity index (χ4n) is 4.15. The minimum Gasteiger partial charge on any atom is -0.313 e. The summed E-state index contributed by atoms with van der Waals surface area (Å²) in [4.78, 5) is 0. The summed E-state index contributed by atoms with van der Waals surface area (Å²) in [5.41, 5.74) is 0.657. The molecular formula is C16H31N. The predicted octanol–water partition coefficient (Wildman–Crippen LogP) is 4.37. The Morgan fingerprint density at radius 3 is 2.29 bits per heavy atom. The third kappa shape index (κ3) is 3.24. The lowest BCUT2D eigenvalue weighted by atomic mass is 9.71. The highest BCUT2D eigenvalue weighted by Crippen LogP contribution is 2.52. The highest BCUT2D eigenvalue weighted by Gasteiger charge is 2.47. The first kappa shape index (κ1) is 13.4. The van der Waals surface area contributed by atoms with Crippen LogP contribution in [0.15, 0.2) is 0 Å². The van der Waals surface area contributed by atoms with Crippen molar-refractivity contribution in [3.8, 4) is 0 Å². The number of nitrogens with one attached hydrogen (secondary N) is 1. The lowest BCUT2D eigenvalue weighted by Crippen LogP contribution is -2.46. The van der Waals surface area contributed by atoms with Gasteiger partial charge in [0.15, 0.2) is 0 Å². The van der Waals surface area contributed by atoms with Gasteiger partial charge in [0.05, 0.1) is 0 Å². The molecule has 2 saturated carbocycles. The first-order chi connectivity index (χ1) is 8.18. The fraction of sp³-hybridized carbons (Fsp3) is 1.00. The van der Waals surface area contributed by atoms with Crippen molar-refractivity contribution < 1.29 is 0 Å². The number of hydrogen-bond acceptors (Lipinski definition) is 1. The molecule has 1 N–H and O–H groups in total. The Kier molecular flexibility index (Phi) is 4.52. The maximum absolute atomic E-state index is 3.92. The highest BCUT2D eigenvalue weighted by atomic mass is 15.0. The van der Waals surface area contributed by atoms with E-state index in [1.807, 2.05) is 0 Å². The summed E-state index contributed by atoms with van der Waals surface area (Å²) in [6.07, 6.45) is 11.6. The van der Waals surface area contributed by atoms with Crippen molar-refractivity contribution in [3.05, 3.63) is 0 Å². The Hall–Kier alpha value is -0.0400. The molecule has 0 heterocycles. The molecule has 0 bridgehead atoms. The van der Waals surface area contributed by atoms with Crippen LogP contribution in [0.5, 0.6) is 0 Å². The predicted molar refractivity (Wildman–Crippen MR) is 75.2 cm³/mol. The van der Waals surface area contributed by atoms with E-state index in [9.17, 15) is 0 Å². The number of rotatable bonds is 7. The lowest BCUT2D eigenvalue weighted by molar-refractivity contribution is 0.139. The summed E-state index contributed by atoms with van der Waals surface area (Å²) in [5.74, 6) is 1.87. The van der Waals surface area contributed by atoms with Gasteiger partial charge in [-0.15, -0.1) is 0 Å². The van der Waals surface area contributed by atoms with Gasteiger partial charge in [-0.2, -0.15) is 0 Å². The molecule has 1 heteroatoms. The smallest absolute Gasteiger partial charge is 0.0152 e. The normalized spacial score (nSPS) is 25.4. The summed E-state index contributed by atoms with van der Waals surface area (Å²) in [7, 11) is 0. The van der Waals surface area contributed by atoms with Crippen LogP contribution in [-0.4, -0.2) is 12.6 Å². The van der Waals surface area contributed by atoms with Gasteiger partial charge >= 0.3 is 0 Å². The zero-order valence-corrected chi connectivity index (χ0v) is 12.1. The minimum atomic E-state index is 0.657. The van der Waals surface area contributed by atoms with Crippen LogP contribution in [0, 0.1) is 17.3 Å². The van der Waals surface area contributed by atoms with Crippen molar-refractivity contribution in [2.75, 3.05) is 6.54 Å². The molecule has 0 aliphatic heterocycles. The van der Waals surface area contributed by atoms with Gasteiger partial charge in [0.25, 0.3) is 0 Å². The van der Waals surface area contributed by atoms with E-state index in [0.29, 0.717) is 5.41 Å². The Morgan fingerprint density at radius 2 is 1.82 bits per heavy atom. The highest BCUT2D eigenvalue weighted by molar-refractivity contribution is 5.02. The zero-order valence-electron chi connectivity index (χ0n) is 12.1. The molecule has 0 amide bonds. The molecule has 1 nitrogen and oxygen atoms in total. The third-order valence-electron chi connectivity index (χ3n) is 4.78. The van der Waals surface area contributed by atoms with Crippen LogP contribution >= 0.6 is 0 Å². The first-order valence-electron chi connectivity index (χ1n) is 7.91. The van der Waals surface area contributed by atoms with E-state index in [-0.39, 0.29) is 0 Å². The summed E-state index contributed by atoms with van der Waals surface area (Å²) in [5, 5.41) is 3.92. The van der Waals surface area contributed by atoms with E-state index in [1.54, 1.807) is 0 Å². The Bertz CT molecular complexity index is 224. The van der Waals surface area contributed by atoms with Gasteiger partial charge in [0.2, 0.25) is 0 Å². The second-order valence-corrected chi connectivity index (χ2v) is 6.94. The van der Waals surface area contributed by atoms with Gasteiger partial charge in [-0.3, -0.25) is 0 Å². The second-order valence-electron chi connectivity index (χ2n) is 6.94. The maximum atomic E-state index is 3.92. The molecule has 2 fully saturated rings. The van der Waals surface area contributed by atoms with E-state index >= 15 is 0 Å². The van der Waals surface area contributed by atoms with Crippen molar-refractivity contribution in [2.24, 2.45) is 17.3 Å². The van der Waals surface area contributed by atoms with Gasteiger partial charge in [-0.25, -0.2) is 0 Å². The molecule has 0 radical (unpaired) electrons. The Labute approximate surface area is 108 Å². The summed E-state index contributed by atoms with van der Waals surface area (Å²) < 4.78 is 0. The van der Waals surface area contributed by atoms with Crippen LogP contribution < -0.4 is 5.32 Å². The van der Waals surface area contributed by atoms with Crippen LogP contribution in [0.2, 0.25) is 0 Å². The van der Waals surface area contributed by atoms with Crippen LogP contribution in [0.4, 0.5) is 0 Å². The van der Waals surface area contributed by atoms with Crippen LogP contribution in [0.1, 0.15) is 72.1 Å². The Balaban J connectivity index is 2.05. The standard InChI is InChI=1S/C16H31N/c1-4-11-17-15(14-7-8-14)16(12-13(2)3)9-5-6-10-16/h13-15,17H,4-12H2,1-3H3. The molecular weight excluding hydrogens is 206 g/mol. The van der Waals surface area contributed by atoms with Gasteiger partial charge in [0.1, 0.15) is 0 Å². The van der Waals surface area contributed by atoms with Crippen LogP contribution in [0.25, 0.3) is 0 Å². The van der Waals surface area contributed by atoms with Crippen molar-refractivity contribution in [1.29, 1.82) is 0 Å². The van der Waals surface area contributed by atoms with E-state index < -0.39 is 0 Å². The van der Waals surface area contributed by atoms with Crippen molar-refractivity contribution >= 4 is 0 Å². The topological polar surface area (TPSA) is 12.0 Å². The molecule has 1 atom stereocenters. The minimum absolute atomic E-state index is 0.657. The maximum Gasteiger partial charge on any atom is 0.0152 e. The van der Waals surface area contributed by atoms with Gasteiger partial charge in [-0.1, -0.05) is 33.6 Å². The van der Waals surface area contributed by atoms with Gasteiger partial charge in [-0.05, 0) is 62.3 Å². The average Bonchev–Trinajstić information content (AvgIpc) is 2.99. The lowest BCUT2D eigenvalue weighted by Gasteiger charge is -2.40. The first-order valence-corrected chi connectivity index (χ1v) is 7.91. The fourth-order valence-corrected chi connectivity index (χ4v) is 4.15. The molecule has 0 saturated heterocycles. The molecule has 100 valence electrons. The summed E-state index contributed by atoms with van der Waals surface area (Å²) in [6.45, 7) is 8.33. The van der Waals surface area contributed by atoms with Gasteiger partial charge < -0.3 is 5.32 Å². The molecule has 0 aromatic rings. The molecule has 1 unspecified atom stereocenters. The van der Waals surface area contributed by atoms with Crippen LogP contribution in [0.3, 0.4) is 0 Å². The molecule has 2 aliphatic carbocycles. The molecule has 17 heavy (non-hydrogen) atoms. The monoisotopic (exact) mass is 237 g/mol. The summed E-state index contributed by atoms with van der Waals surface area (Å²) >= 11 is 0. The molecule has 0 spiro atoms. The number of hydrogen-bond donors (Lipinski definition) is 1. The zero-order chi connectivity index (χ0) is 12.3. The van der Waals surface area contributed by atoms with E-state index in [1.165, 1.54) is 57.9 Å². The van der Waals surface area contributed by atoms with Crippen LogP contribution in [-0.2, 0) is 0 Å². The Morgan fingerprint density at radius 1 is 1.18 bits per heavy atom. The van der Waals surface area contributed by atoms with Crippen molar-refractivity contribution in [1.82, 2.24) is 5.32 Å². The van der Waals surface area contributed by atoms with E-state index in [0.717, 1.165) is 17.9 Å². The largest absolute Gasteiger partial charge is 0.313 e. The van der Waals surface area contributed by atoms with E-state index in [4.69, 9.17) is 0 Å². The molecule has 2 rings (SSSR count). The van der Waals surface area contributed by atoms with Gasteiger partial charge in [0, 0.05) is 6.04 Å². The van der Waals surface area contributed by atoms with Crippen molar-refractivity contribution in [3.63, 3.8) is 0 Å². The summed E-state index contributed by atoms with van der Waals surface area (Å²) in [6, 6.07) is 0.840. The molecule has 0 aromatic carbocycles. The second kappa shape index (κ2) is 5.73. The van der Waals surface area contributed by atoms with E-state index in [2.05, 4.69) is 26.1 Å². The average molecular weight is 237 g/mol. The third-order valence-corrected chi connectivity index (χ3v) is 4.78. The van der Waals surface area contributed by atoms with Crippen molar-refractivity contribution in [2.45, 2.75) is 78.2 Å². The quantitative estimate of drug-likeness (QED) is 0.693. The molecule has 2 aliphatic rings. The molecule has 0 aromatic heterocycles.